The Bertz CT molecular complexity index is 597. The number of carboxylic acid groups (broad SMARTS) is 1. The number of nitrogens with one attached hydrogen (secondary N) is 1. The van der Waals surface area contributed by atoms with Crippen LogP contribution >= 0.6 is 0 Å². The van der Waals surface area contributed by atoms with Crippen molar-refractivity contribution in [2.24, 2.45) is 0 Å². The highest BCUT2D eigenvalue weighted by atomic mass is 32.2. The lowest BCUT2D eigenvalue weighted by atomic mass is 9.86. The molecule has 1 fully saturated rings. The fourth-order valence-corrected chi connectivity index (χ4v) is 4.16. The van der Waals surface area contributed by atoms with Crippen molar-refractivity contribution in [1.29, 1.82) is 0 Å². The Hall–Kier alpha value is -1.44. The zero-order chi connectivity index (χ0) is 16.2. The number of carbonyl (C=O) groups is 1. The van der Waals surface area contributed by atoms with E-state index in [0.29, 0.717) is 19.4 Å². The summed E-state index contributed by atoms with van der Waals surface area (Å²) in [6, 6.07) is 9.10. The van der Waals surface area contributed by atoms with Gasteiger partial charge in [0.2, 0.25) is 10.0 Å². The second-order valence-electron chi connectivity index (χ2n) is 5.64. The van der Waals surface area contributed by atoms with Gasteiger partial charge in [0.05, 0.1) is 12.3 Å². The van der Waals surface area contributed by atoms with Crippen LogP contribution in [0.3, 0.4) is 0 Å². The van der Waals surface area contributed by atoms with Gasteiger partial charge in [-0.05, 0) is 24.9 Å². The Labute approximate surface area is 131 Å². The Morgan fingerprint density at radius 2 is 1.95 bits per heavy atom. The van der Waals surface area contributed by atoms with E-state index >= 15 is 0 Å². The Morgan fingerprint density at radius 1 is 1.32 bits per heavy atom. The van der Waals surface area contributed by atoms with Crippen LogP contribution in [0, 0.1) is 0 Å². The number of rotatable bonds is 8. The second kappa shape index (κ2) is 7.21. The predicted molar refractivity (Wildman–Crippen MR) is 83.9 cm³/mol. The molecule has 1 aromatic carbocycles. The Balaban J connectivity index is 1.82. The number of hydrogen-bond donors (Lipinski definition) is 2. The molecule has 0 unspecified atom stereocenters. The summed E-state index contributed by atoms with van der Waals surface area (Å²) in [5, 5.41) is 8.85. The maximum absolute atomic E-state index is 12.1. The third-order valence-electron chi connectivity index (χ3n) is 3.92. The quantitative estimate of drug-likeness (QED) is 0.745. The largest absolute Gasteiger partial charge is 0.480 e. The van der Waals surface area contributed by atoms with E-state index in [0.717, 1.165) is 5.56 Å². The van der Waals surface area contributed by atoms with Crippen LogP contribution in [0.1, 0.15) is 25.3 Å². The molecule has 0 heterocycles. The van der Waals surface area contributed by atoms with Gasteiger partial charge in [-0.3, -0.25) is 9.69 Å². The average Bonchev–Trinajstić information content (AvgIpc) is 2.40. The van der Waals surface area contributed by atoms with Crippen molar-refractivity contribution in [1.82, 2.24) is 9.62 Å². The van der Waals surface area contributed by atoms with Crippen LogP contribution in [-0.4, -0.2) is 49.6 Å². The molecule has 2 rings (SSSR count). The molecule has 122 valence electrons. The number of likely N-dealkylation sites (N-methyl/N-ethyl adjacent to an activating group) is 1. The molecule has 1 aliphatic rings. The standard InChI is InChI=1S/C15H22N2O4S/c1-2-17(10-15(18)19)14-8-13(9-14)16-22(20,21)11-12-6-4-3-5-7-12/h3-7,13-14,16H,2,8-11H2,1H3,(H,18,19). The number of benzene rings is 1. The SMILES string of the molecule is CCN(CC(=O)O)C1CC(NS(=O)(=O)Cc2ccccc2)C1. The number of carboxylic acids is 1. The normalized spacial score (nSPS) is 21.5. The van der Waals surface area contributed by atoms with Gasteiger partial charge in [-0.2, -0.15) is 0 Å². The van der Waals surface area contributed by atoms with Gasteiger partial charge >= 0.3 is 5.97 Å². The number of hydrogen-bond acceptors (Lipinski definition) is 4. The number of sulfonamides is 1. The first kappa shape index (κ1) is 16.9. The van der Waals surface area contributed by atoms with Gasteiger partial charge in [-0.25, -0.2) is 13.1 Å². The third-order valence-corrected chi connectivity index (χ3v) is 5.33. The third kappa shape index (κ3) is 4.79. The van der Waals surface area contributed by atoms with E-state index in [2.05, 4.69) is 4.72 Å². The topological polar surface area (TPSA) is 86.7 Å². The molecule has 1 aliphatic carbocycles. The maximum Gasteiger partial charge on any atom is 0.317 e. The number of aliphatic carboxylic acids is 1. The van der Waals surface area contributed by atoms with Gasteiger partial charge in [0.1, 0.15) is 0 Å². The van der Waals surface area contributed by atoms with Gasteiger partial charge in [0.25, 0.3) is 0 Å². The monoisotopic (exact) mass is 326 g/mol. The van der Waals surface area contributed by atoms with Gasteiger partial charge in [0.15, 0.2) is 0 Å². The smallest absolute Gasteiger partial charge is 0.317 e. The molecule has 1 saturated carbocycles. The zero-order valence-corrected chi connectivity index (χ0v) is 13.4. The van der Waals surface area contributed by atoms with E-state index in [-0.39, 0.29) is 24.4 Å². The van der Waals surface area contributed by atoms with Crippen molar-refractivity contribution in [2.45, 2.75) is 37.6 Å². The van der Waals surface area contributed by atoms with Gasteiger partial charge in [0, 0.05) is 12.1 Å². The molecule has 0 saturated heterocycles. The summed E-state index contributed by atoms with van der Waals surface area (Å²) in [5.41, 5.74) is 0.756. The van der Waals surface area contributed by atoms with Crippen LogP contribution in [0.5, 0.6) is 0 Å². The molecular formula is C15H22N2O4S. The van der Waals surface area contributed by atoms with Crippen LogP contribution in [-0.2, 0) is 20.6 Å². The van der Waals surface area contributed by atoms with Crippen LogP contribution in [0.4, 0.5) is 0 Å². The first-order valence-electron chi connectivity index (χ1n) is 7.39. The van der Waals surface area contributed by atoms with Crippen molar-refractivity contribution in [3.8, 4) is 0 Å². The maximum atomic E-state index is 12.1. The van der Waals surface area contributed by atoms with E-state index in [1.807, 2.05) is 30.0 Å². The summed E-state index contributed by atoms with van der Waals surface area (Å²) in [6.45, 7) is 2.57. The molecule has 0 aromatic heterocycles. The molecule has 0 bridgehead atoms. The first-order chi connectivity index (χ1) is 10.4. The van der Waals surface area contributed by atoms with Crippen molar-refractivity contribution in [3.05, 3.63) is 35.9 Å². The van der Waals surface area contributed by atoms with Crippen LogP contribution in [0.25, 0.3) is 0 Å². The summed E-state index contributed by atoms with van der Waals surface area (Å²) in [6.07, 6.45) is 1.32. The highest BCUT2D eigenvalue weighted by molar-refractivity contribution is 7.88. The molecule has 0 radical (unpaired) electrons. The molecule has 7 heteroatoms. The minimum absolute atomic E-state index is 0.00462. The molecule has 0 spiro atoms. The molecule has 0 atom stereocenters. The van der Waals surface area contributed by atoms with Gasteiger partial charge < -0.3 is 5.11 Å². The van der Waals surface area contributed by atoms with E-state index in [4.69, 9.17) is 5.11 Å². The predicted octanol–water partition coefficient (Wildman–Crippen LogP) is 1.04. The minimum atomic E-state index is -3.36. The van der Waals surface area contributed by atoms with E-state index in [1.54, 1.807) is 12.1 Å². The van der Waals surface area contributed by atoms with E-state index in [1.165, 1.54) is 0 Å². The lowest BCUT2D eigenvalue weighted by molar-refractivity contribution is -0.139. The minimum Gasteiger partial charge on any atom is -0.480 e. The lowest BCUT2D eigenvalue weighted by Gasteiger charge is -2.42. The molecule has 22 heavy (non-hydrogen) atoms. The van der Waals surface area contributed by atoms with Gasteiger partial charge in [-0.15, -0.1) is 0 Å². The average molecular weight is 326 g/mol. The summed E-state index contributed by atoms with van der Waals surface area (Å²) >= 11 is 0. The van der Waals surface area contributed by atoms with Crippen molar-refractivity contribution < 1.29 is 18.3 Å². The fraction of sp³-hybridized carbons (Fsp3) is 0.533. The summed E-state index contributed by atoms with van der Waals surface area (Å²) < 4.78 is 26.9. The second-order valence-corrected chi connectivity index (χ2v) is 7.40. The van der Waals surface area contributed by atoms with Crippen LogP contribution in [0.2, 0.25) is 0 Å². The van der Waals surface area contributed by atoms with Crippen LogP contribution in [0.15, 0.2) is 30.3 Å². The van der Waals surface area contributed by atoms with Crippen molar-refractivity contribution in [3.63, 3.8) is 0 Å². The molecular weight excluding hydrogens is 304 g/mol. The molecule has 6 nitrogen and oxygen atoms in total. The van der Waals surface area contributed by atoms with Crippen molar-refractivity contribution in [2.75, 3.05) is 13.1 Å². The highest BCUT2D eigenvalue weighted by Crippen LogP contribution is 2.26. The van der Waals surface area contributed by atoms with E-state index in [9.17, 15) is 13.2 Å². The lowest BCUT2D eigenvalue weighted by Crippen LogP contribution is -2.54. The highest BCUT2D eigenvalue weighted by Gasteiger charge is 2.35. The summed E-state index contributed by atoms with van der Waals surface area (Å²) in [7, 11) is -3.36. The van der Waals surface area contributed by atoms with Gasteiger partial charge in [-0.1, -0.05) is 37.3 Å². The van der Waals surface area contributed by atoms with Crippen molar-refractivity contribution >= 4 is 16.0 Å². The fourth-order valence-electron chi connectivity index (χ4n) is 2.74. The first-order valence-corrected chi connectivity index (χ1v) is 9.04. The number of nitrogens with zero attached hydrogens (tertiary/aromatic N) is 1. The molecule has 0 aliphatic heterocycles. The molecule has 0 amide bonds. The van der Waals surface area contributed by atoms with Crippen LogP contribution < -0.4 is 4.72 Å². The zero-order valence-electron chi connectivity index (χ0n) is 12.6. The molecule has 2 N–H and O–H groups in total. The van der Waals surface area contributed by atoms with E-state index < -0.39 is 16.0 Å². The Morgan fingerprint density at radius 3 is 2.50 bits per heavy atom. The molecule has 1 aromatic rings. The summed E-state index contributed by atoms with van der Waals surface area (Å²) in [4.78, 5) is 12.6. The Kier molecular flexibility index (Phi) is 5.55. The summed E-state index contributed by atoms with van der Waals surface area (Å²) in [5.74, 6) is -0.878.